The molecule has 196 valence electrons. The number of hydrogen-bond donors (Lipinski definition) is 0. The van der Waals surface area contributed by atoms with E-state index in [-0.39, 0.29) is 36.1 Å². The van der Waals surface area contributed by atoms with Gasteiger partial charge >= 0.3 is 12.1 Å². The SMILES string of the molecule is CCN(CCC1CCC(C)N1C=O)C(=O)N1CCN(C(=O)N2CCC(=O)N3CCC[C@@H]3CC2)CC1. The molecule has 10 nitrogen and oxygen atoms in total. The summed E-state index contributed by atoms with van der Waals surface area (Å²) in [5, 5.41) is 0. The Balaban J connectivity index is 1.24. The molecule has 35 heavy (non-hydrogen) atoms. The molecule has 4 aliphatic heterocycles. The first kappa shape index (κ1) is 25.6. The Morgan fingerprint density at radius 3 is 2.37 bits per heavy atom. The molecule has 0 aromatic heterocycles. The first-order valence-corrected chi connectivity index (χ1v) is 13.5. The smallest absolute Gasteiger partial charge is 0.320 e. The summed E-state index contributed by atoms with van der Waals surface area (Å²) in [6.45, 7) is 9.41. The largest absolute Gasteiger partial charge is 0.340 e. The van der Waals surface area contributed by atoms with Crippen LogP contribution in [-0.2, 0) is 9.59 Å². The van der Waals surface area contributed by atoms with Crippen molar-refractivity contribution < 1.29 is 19.2 Å². The Labute approximate surface area is 209 Å². The average molecular weight is 491 g/mol. The van der Waals surface area contributed by atoms with E-state index in [0.717, 1.165) is 51.5 Å². The number of urea groups is 2. The van der Waals surface area contributed by atoms with E-state index < -0.39 is 0 Å². The Morgan fingerprint density at radius 2 is 1.66 bits per heavy atom. The maximum absolute atomic E-state index is 13.2. The highest BCUT2D eigenvalue weighted by Gasteiger charge is 2.35. The number of piperazine rings is 1. The molecule has 2 unspecified atom stereocenters. The van der Waals surface area contributed by atoms with Crippen LogP contribution in [0, 0.1) is 0 Å². The van der Waals surface area contributed by atoms with Gasteiger partial charge in [0.2, 0.25) is 12.3 Å². The van der Waals surface area contributed by atoms with Gasteiger partial charge in [0, 0.05) is 83.4 Å². The molecule has 3 atom stereocenters. The van der Waals surface area contributed by atoms with E-state index in [0.29, 0.717) is 58.8 Å². The second kappa shape index (κ2) is 11.5. The van der Waals surface area contributed by atoms with Gasteiger partial charge in [0.1, 0.15) is 0 Å². The topological polar surface area (TPSA) is 87.7 Å². The van der Waals surface area contributed by atoms with Crippen LogP contribution in [0.25, 0.3) is 0 Å². The molecule has 0 aliphatic carbocycles. The fourth-order valence-electron chi connectivity index (χ4n) is 6.20. The molecular weight excluding hydrogens is 448 g/mol. The van der Waals surface area contributed by atoms with Crippen LogP contribution in [0.4, 0.5) is 9.59 Å². The van der Waals surface area contributed by atoms with Crippen LogP contribution < -0.4 is 0 Å². The van der Waals surface area contributed by atoms with Gasteiger partial charge in [0.05, 0.1) is 0 Å². The molecule has 0 spiro atoms. The summed E-state index contributed by atoms with van der Waals surface area (Å²) in [5.41, 5.74) is 0. The molecule has 0 saturated carbocycles. The normalized spacial score (nSPS) is 27.5. The van der Waals surface area contributed by atoms with Crippen LogP contribution in [0.2, 0.25) is 0 Å². The van der Waals surface area contributed by atoms with Crippen molar-refractivity contribution in [3.05, 3.63) is 0 Å². The summed E-state index contributed by atoms with van der Waals surface area (Å²) in [6.07, 6.45) is 7.10. The number of nitrogens with zero attached hydrogens (tertiary/aromatic N) is 6. The first-order chi connectivity index (χ1) is 16.9. The summed E-state index contributed by atoms with van der Waals surface area (Å²) in [7, 11) is 0. The molecule has 4 fully saturated rings. The lowest BCUT2D eigenvalue weighted by atomic mass is 10.1. The van der Waals surface area contributed by atoms with E-state index in [1.54, 1.807) is 0 Å². The average Bonchev–Trinajstić information content (AvgIpc) is 3.48. The highest BCUT2D eigenvalue weighted by atomic mass is 16.2. The van der Waals surface area contributed by atoms with E-state index in [2.05, 4.69) is 6.92 Å². The lowest BCUT2D eigenvalue weighted by Gasteiger charge is -2.40. The minimum absolute atomic E-state index is 0.00648. The van der Waals surface area contributed by atoms with Gasteiger partial charge in [0.25, 0.3) is 0 Å². The van der Waals surface area contributed by atoms with Crippen molar-refractivity contribution in [1.29, 1.82) is 0 Å². The lowest BCUT2D eigenvalue weighted by molar-refractivity contribution is -0.133. The Morgan fingerprint density at radius 1 is 0.943 bits per heavy atom. The number of hydrogen-bond acceptors (Lipinski definition) is 4. The minimum atomic E-state index is -0.00648. The molecule has 0 bridgehead atoms. The predicted octanol–water partition coefficient (Wildman–Crippen LogP) is 1.65. The van der Waals surface area contributed by atoms with Gasteiger partial charge in [-0.2, -0.15) is 0 Å². The fraction of sp³-hybridized carbons (Fsp3) is 0.840. The summed E-state index contributed by atoms with van der Waals surface area (Å²) in [5.74, 6) is 0.170. The monoisotopic (exact) mass is 490 g/mol. The van der Waals surface area contributed by atoms with Gasteiger partial charge in [-0.3, -0.25) is 9.59 Å². The van der Waals surface area contributed by atoms with Crippen molar-refractivity contribution in [3.63, 3.8) is 0 Å². The third kappa shape index (κ3) is 5.67. The number of carbonyl (C=O) groups is 4. The zero-order chi connectivity index (χ0) is 24.9. The van der Waals surface area contributed by atoms with Gasteiger partial charge in [0.15, 0.2) is 0 Å². The second-order valence-corrected chi connectivity index (χ2v) is 10.4. The summed E-state index contributed by atoms with van der Waals surface area (Å²) >= 11 is 0. The molecule has 0 radical (unpaired) electrons. The summed E-state index contributed by atoms with van der Waals surface area (Å²) in [6, 6.07) is 0.769. The maximum atomic E-state index is 13.2. The molecule has 0 aromatic carbocycles. The van der Waals surface area contributed by atoms with E-state index in [9.17, 15) is 19.2 Å². The number of likely N-dealkylation sites (tertiary alicyclic amines) is 1. The van der Waals surface area contributed by atoms with Gasteiger partial charge in [-0.15, -0.1) is 0 Å². The molecule has 4 aliphatic rings. The van der Waals surface area contributed by atoms with E-state index >= 15 is 0 Å². The highest BCUT2D eigenvalue weighted by molar-refractivity contribution is 5.80. The van der Waals surface area contributed by atoms with Crippen molar-refractivity contribution in [2.24, 2.45) is 0 Å². The van der Waals surface area contributed by atoms with Gasteiger partial charge < -0.3 is 29.4 Å². The third-order valence-electron chi connectivity index (χ3n) is 8.47. The second-order valence-electron chi connectivity index (χ2n) is 10.4. The van der Waals surface area contributed by atoms with Crippen LogP contribution >= 0.6 is 0 Å². The van der Waals surface area contributed by atoms with Crippen molar-refractivity contribution in [3.8, 4) is 0 Å². The molecular formula is C25H42N6O4. The zero-order valence-corrected chi connectivity index (χ0v) is 21.4. The summed E-state index contributed by atoms with van der Waals surface area (Å²) < 4.78 is 0. The molecule has 6 amide bonds. The molecule has 4 heterocycles. The first-order valence-electron chi connectivity index (χ1n) is 13.5. The number of carbonyl (C=O) groups excluding carboxylic acids is 4. The van der Waals surface area contributed by atoms with Crippen molar-refractivity contribution in [1.82, 2.24) is 29.4 Å². The zero-order valence-electron chi connectivity index (χ0n) is 21.4. The van der Waals surface area contributed by atoms with Crippen LogP contribution in [0.1, 0.15) is 58.8 Å². The molecule has 4 saturated heterocycles. The maximum Gasteiger partial charge on any atom is 0.320 e. The quantitative estimate of drug-likeness (QED) is 0.549. The van der Waals surface area contributed by atoms with E-state index in [1.807, 2.05) is 36.3 Å². The van der Waals surface area contributed by atoms with Gasteiger partial charge in [-0.25, -0.2) is 9.59 Å². The van der Waals surface area contributed by atoms with Gasteiger partial charge in [-0.05, 0) is 52.4 Å². The molecule has 0 N–H and O–H groups in total. The lowest BCUT2D eigenvalue weighted by Crippen LogP contribution is -2.57. The number of amides is 6. The van der Waals surface area contributed by atoms with Crippen LogP contribution in [-0.4, -0.2) is 131 Å². The van der Waals surface area contributed by atoms with Crippen molar-refractivity contribution in [2.45, 2.75) is 76.9 Å². The van der Waals surface area contributed by atoms with E-state index in [1.165, 1.54) is 0 Å². The fourth-order valence-corrected chi connectivity index (χ4v) is 6.20. The Bertz CT molecular complexity index is 786. The van der Waals surface area contributed by atoms with Crippen LogP contribution in [0.15, 0.2) is 0 Å². The number of rotatable bonds is 5. The molecule has 0 aromatic rings. The van der Waals surface area contributed by atoms with Crippen LogP contribution in [0.3, 0.4) is 0 Å². The predicted molar refractivity (Wildman–Crippen MR) is 132 cm³/mol. The summed E-state index contributed by atoms with van der Waals surface area (Å²) in [4.78, 5) is 61.5. The molecule has 10 heteroatoms. The van der Waals surface area contributed by atoms with Crippen molar-refractivity contribution in [2.75, 3.05) is 58.9 Å². The number of fused-ring (bicyclic) bond motifs is 1. The Hall–Kier alpha value is -2.52. The van der Waals surface area contributed by atoms with Gasteiger partial charge in [-0.1, -0.05) is 0 Å². The van der Waals surface area contributed by atoms with E-state index in [4.69, 9.17) is 0 Å². The van der Waals surface area contributed by atoms with Crippen LogP contribution in [0.5, 0.6) is 0 Å². The highest BCUT2D eigenvalue weighted by Crippen LogP contribution is 2.25. The van der Waals surface area contributed by atoms with Crippen molar-refractivity contribution >= 4 is 24.4 Å². The standard InChI is InChI=1S/C25H42N6O4/c1-3-26(12-8-22-7-6-20(2)31(22)19-32)24(34)28-15-17-29(18-16-28)25(35)27-13-9-21-5-4-11-30(21)23(33)10-14-27/h19-22H,3-18H2,1-2H3/t20?,21-,22?/m1/s1. The molecule has 4 rings (SSSR count). The Kier molecular flexibility index (Phi) is 8.38. The minimum Gasteiger partial charge on any atom is -0.340 e. The third-order valence-corrected chi connectivity index (χ3v) is 8.47.